The Balaban J connectivity index is 1.84. The fourth-order valence-electron chi connectivity index (χ4n) is 2.41. The van der Waals surface area contributed by atoms with Gasteiger partial charge in [-0.1, -0.05) is 18.2 Å². The van der Waals surface area contributed by atoms with Crippen molar-refractivity contribution in [1.82, 2.24) is 10.7 Å². The van der Waals surface area contributed by atoms with Gasteiger partial charge in [-0.05, 0) is 30.2 Å². The molecular weight excluding hydrogens is 380 g/mol. The van der Waals surface area contributed by atoms with E-state index in [4.69, 9.17) is 9.47 Å². The lowest BCUT2D eigenvalue weighted by Crippen LogP contribution is -2.38. The molecule has 2 aromatic rings. The van der Waals surface area contributed by atoms with E-state index < -0.39 is 16.7 Å². The number of nitrogens with one attached hydrogen (secondary N) is 2. The Morgan fingerprint density at radius 3 is 2.52 bits per heavy atom. The molecule has 2 amide bonds. The molecule has 10 heteroatoms. The molecule has 0 aromatic heterocycles. The van der Waals surface area contributed by atoms with E-state index in [0.29, 0.717) is 17.9 Å². The minimum absolute atomic E-state index is 0.162. The Hall–Kier alpha value is -3.95. The zero-order chi connectivity index (χ0) is 21.2. The summed E-state index contributed by atoms with van der Waals surface area (Å²) in [6, 6.07) is 11.2. The summed E-state index contributed by atoms with van der Waals surface area (Å²) >= 11 is 0. The molecule has 0 atom stereocenters. The number of methoxy groups -OCH3 is 2. The molecule has 0 saturated carbocycles. The molecule has 0 unspecified atom stereocenters. The average molecular weight is 400 g/mol. The van der Waals surface area contributed by atoms with Crippen molar-refractivity contribution in [3.63, 3.8) is 0 Å². The molecule has 0 saturated heterocycles. The van der Waals surface area contributed by atoms with E-state index in [2.05, 4.69) is 10.4 Å². The molecule has 0 radical (unpaired) electrons. The van der Waals surface area contributed by atoms with Gasteiger partial charge in [0.05, 0.1) is 30.9 Å². The third-order valence-corrected chi connectivity index (χ3v) is 3.86. The van der Waals surface area contributed by atoms with E-state index in [1.165, 1.54) is 32.4 Å². The number of nitro groups is 1. The van der Waals surface area contributed by atoms with Gasteiger partial charge in [-0.15, -0.1) is 0 Å². The van der Waals surface area contributed by atoms with E-state index in [1.54, 1.807) is 18.2 Å². The number of hydrazone groups is 1. The minimum atomic E-state index is -0.979. The van der Waals surface area contributed by atoms with Gasteiger partial charge in [-0.25, -0.2) is 5.43 Å². The second-order valence-corrected chi connectivity index (χ2v) is 5.71. The number of rotatable bonds is 8. The lowest BCUT2D eigenvalue weighted by molar-refractivity contribution is -0.385. The number of ether oxygens (including phenoxy) is 2. The zero-order valence-electron chi connectivity index (χ0n) is 15.9. The lowest BCUT2D eigenvalue weighted by atomic mass is 10.1. The first-order chi connectivity index (χ1) is 14.0. The van der Waals surface area contributed by atoms with Crippen molar-refractivity contribution in [1.29, 1.82) is 0 Å². The smallest absolute Gasteiger partial charge is 0.329 e. The fourth-order valence-corrected chi connectivity index (χ4v) is 2.41. The molecule has 2 rings (SSSR count). The summed E-state index contributed by atoms with van der Waals surface area (Å²) in [5.41, 5.74) is 2.96. The molecule has 0 heterocycles. The third-order valence-electron chi connectivity index (χ3n) is 3.86. The number of benzene rings is 2. The summed E-state index contributed by atoms with van der Waals surface area (Å²) in [6.45, 7) is 0.218. The van der Waals surface area contributed by atoms with Gasteiger partial charge in [0.15, 0.2) is 11.5 Å². The Bertz CT molecular complexity index is 929. The normalized spacial score (nSPS) is 10.4. The Kier molecular flexibility index (Phi) is 7.66. The van der Waals surface area contributed by atoms with Crippen LogP contribution in [-0.2, 0) is 16.0 Å². The maximum atomic E-state index is 11.8. The average Bonchev–Trinajstić information content (AvgIpc) is 2.73. The molecule has 2 N–H and O–H groups in total. The minimum Gasteiger partial charge on any atom is -0.493 e. The van der Waals surface area contributed by atoms with Crippen molar-refractivity contribution in [2.24, 2.45) is 5.10 Å². The highest BCUT2D eigenvalue weighted by atomic mass is 16.6. The van der Waals surface area contributed by atoms with Crippen LogP contribution in [0.3, 0.4) is 0 Å². The number of para-hydroxylation sites is 1. The Labute approximate surface area is 166 Å². The highest BCUT2D eigenvalue weighted by molar-refractivity contribution is 6.35. The summed E-state index contributed by atoms with van der Waals surface area (Å²) in [7, 11) is 3.06. The number of hydrogen-bond acceptors (Lipinski definition) is 7. The quantitative estimate of drug-likeness (QED) is 0.298. The predicted molar refractivity (Wildman–Crippen MR) is 105 cm³/mol. The van der Waals surface area contributed by atoms with Gasteiger partial charge < -0.3 is 14.8 Å². The van der Waals surface area contributed by atoms with Crippen molar-refractivity contribution in [3.05, 3.63) is 63.7 Å². The van der Waals surface area contributed by atoms with Crippen LogP contribution in [0.2, 0.25) is 0 Å². The molecule has 0 spiro atoms. The lowest BCUT2D eigenvalue weighted by Gasteiger charge is -2.10. The summed E-state index contributed by atoms with van der Waals surface area (Å²) in [5.74, 6) is -0.688. The SMILES string of the molecule is COc1ccc(CCNC(=O)C(=O)N/N=C\c2ccccc2[N+](=O)[O-])cc1OC. The Morgan fingerprint density at radius 2 is 1.83 bits per heavy atom. The maximum Gasteiger partial charge on any atom is 0.329 e. The summed E-state index contributed by atoms with van der Waals surface area (Å²) in [6.07, 6.45) is 1.58. The molecule has 2 aromatic carbocycles. The van der Waals surface area contributed by atoms with E-state index in [-0.39, 0.29) is 17.8 Å². The number of hydrogen-bond donors (Lipinski definition) is 2. The second-order valence-electron chi connectivity index (χ2n) is 5.71. The predicted octanol–water partition coefficient (Wildman–Crippen LogP) is 1.42. The largest absolute Gasteiger partial charge is 0.493 e. The molecule has 0 aliphatic heterocycles. The van der Waals surface area contributed by atoms with Crippen molar-refractivity contribution in [3.8, 4) is 11.5 Å². The van der Waals surface area contributed by atoms with E-state index in [9.17, 15) is 19.7 Å². The van der Waals surface area contributed by atoms with Crippen LogP contribution < -0.4 is 20.2 Å². The number of nitrogens with zero attached hydrogens (tertiary/aromatic N) is 2. The van der Waals surface area contributed by atoms with Gasteiger partial charge in [0.2, 0.25) is 0 Å². The topological polar surface area (TPSA) is 132 Å². The summed E-state index contributed by atoms with van der Waals surface area (Å²) in [4.78, 5) is 33.9. The highest BCUT2D eigenvalue weighted by Gasteiger charge is 2.13. The van der Waals surface area contributed by atoms with Crippen LogP contribution in [0.5, 0.6) is 11.5 Å². The molecule has 10 nitrogen and oxygen atoms in total. The third kappa shape index (κ3) is 6.03. The first-order valence-electron chi connectivity index (χ1n) is 8.51. The first-order valence-corrected chi connectivity index (χ1v) is 8.51. The number of amides is 2. The standard InChI is InChI=1S/C19H20N4O6/c1-28-16-8-7-13(11-17(16)29-2)9-10-20-18(24)19(25)22-21-12-14-5-3-4-6-15(14)23(26)27/h3-8,11-12H,9-10H2,1-2H3,(H,20,24)(H,22,25)/b21-12-. The summed E-state index contributed by atoms with van der Waals surface area (Å²) < 4.78 is 10.4. The fraction of sp³-hybridized carbons (Fsp3) is 0.211. The van der Waals surface area contributed by atoms with Gasteiger partial charge in [-0.3, -0.25) is 19.7 Å². The van der Waals surface area contributed by atoms with Crippen LogP contribution in [-0.4, -0.2) is 43.7 Å². The monoisotopic (exact) mass is 400 g/mol. The second kappa shape index (κ2) is 10.4. The molecule has 29 heavy (non-hydrogen) atoms. The molecular formula is C19H20N4O6. The van der Waals surface area contributed by atoms with Crippen LogP contribution in [0, 0.1) is 10.1 Å². The molecule has 0 fully saturated rings. The number of carbonyl (C=O) groups is 2. The number of carbonyl (C=O) groups excluding carboxylic acids is 2. The molecule has 0 aliphatic carbocycles. The molecule has 0 aliphatic rings. The van der Waals surface area contributed by atoms with E-state index in [1.807, 2.05) is 11.5 Å². The van der Waals surface area contributed by atoms with Crippen LogP contribution in [0.4, 0.5) is 5.69 Å². The first kappa shape index (κ1) is 21.4. The van der Waals surface area contributed by atoms with Gasteiger partial charge in [-0.2, -0.15) is 5.10 Å². The van der Waals surface area contributed by atoms with Crippen molar-refractivity contribution in [2.75, 3.05) is 20.8 Å². The van der Waals surface area contributed by atoms with Crippen molar-refractivity contribution < 1.29 is 24.0 Å². The summed E-state index contributed by atoms with van der Waals surface area (Å²) in [5, 5.41) is 17.0. The van der Waals surface area contributed by atoms with E-state index >= 15 is 0 Å². The highest BCUT2D eigenvalue weighted by Crippen LogP contribution is 2.27. The van der Waals surface area contributed by atoms with Crippen LogP contribution in [0.1, 0.15) is 11.1 Å². The maximum absolute atomic E-state index is 11.8. The van der Waals surface area contributed by atoms with Crippen LogP contribution in [0.25, 0.3) is 0 Å². The number of nitro benzene ring substituents is 1. The molecule has 152 valence electrons. The van der Waals surface area contributed by atoms with Gasteiger partial charge in [0.1, 0.15) is 0 Å². The van der Waals surface area contributed by atoms with Crippen LogP contribution in [0.15, 0.2) is 47.6 Å². The van der Waals surface area contributed by atoms with Crippen molar-refractivity contribution >= 4 is 23.7 Å². The zero-order valence-corrected chi connectivity index (χ0v) is 15.9. The van der Waals surface area contributed by atoms with Gasteiger partial charge in [0.25, 0.3) is 5.69 Å². The van der Waals surface area contributed by atoms with Gasteiger partial charge in [0, 0.05) is 12.6 Å². The molecule has 0 bridgehead atoms. The van der Waals surface area contributed by atoms with Crippen molar-refractivity contribution in [2.45, 2.75) is 6.42 Å². The van der Waals surface area contributed by atoms with Crippen LogP contribution >= 0.6 is 0 Å². The Morgan fingerprint density at radius 1 is 1.10 bits per heavy atom. The van der Waals surface area contributed by atoms with Gasteiger partial charge >= 0.3 is 11.8 Å². The van der Waals surface area contributed by atoms with E-state index in [0.717, 1.165) is 11.8 Å².